The third kappa shape index (κ3) is 3.41. The Labute approximate surface area is 100 Å². The molecule has 1 aliphatic carbocycles. The van der Waals surface area contributed by atoms with Gasteiger partial charge >= 0.3 is 5.97 Å². The maximum Gasteiger partial charge on any atom is 0.338 e. The molecule has 2 N–H and O–H groups in total. The van der Waals surface area contributed by atoms with Crippen LogP contribution < -0.4 is 5.32 Å². The zero-order chi connectivity index (χ0) is 12.1. The molecular formula is C12H17N3O2. The molecule has 1 saturated carbocycles. The van der Waals surface area contributed by atoms with E-state index in [2.05, 4.69) is 15.3 Å². The topological polar surface area (TPSA) is 75.1 Å². The Morgan fingerprint density at radius 3 is 2.29 bits per heavy atom. The van der Waals surface area contributed by atoms with Gasteiger partial charge in [0, 0.05) is 18.4 Å². The number of rotatable bonds is 3. The van der Waals surface area contributed by atoms with Crippen molar-refractivity contribution in [2.45, 2.75) is 44.6 Å². The third-order valence-electron chi connectivity index (χ3n) is 3.09. The molecule has 0 atom stereocenters. The molecule has 0 bridgehead atoms. The second kappa shape index (κ2) is 5.61. The number of nitrogens with one attached hydrogen (secondary N) is 1. The van der Waals surface area contributed by atoms with Gasteiger partial charge in [0.15, 0.2) is 0 Å². The molecule has 2 rings (SSSR count). The summed E-state index contributed by atoms with van der Waals surface area (Å²) in [6, 6.07) is 0.424. The summed E-state index contributed by atoms with van der Waals surface area (Å²) in [5.41, 5.74) is 0.122. The van der Waals surface area contributed by atoms with Gasteiger partial charge in [0.25, 0.3) is 0 Å². The monoisotopic (exact) mass is 235 g/mol. The second-order valence-electron chi connectivity index (χ2n) is 4.43. The fourth-order valence-electron chi connectivity index (χ4n) is 2.12. The van der Waals surface area contributed by atoms with Crippen molar-refractivity contribution in [2.75, 3.05) is 5.32 Å². The van der Waals surface area contributed by atoms with E-state index in [9.17, 15) is 4.79 Å². The number of aromatic carboxylic acids is 1. The quantitative estimate of drug-likeness (QED) is 0.786. The molecule has 1 heterocycles. The van der Waals surface area contributed by atoms with E-state index in [4.69, 9.17) is 5.11 Å². The van der Waals surface area contributed by atoms with Crippen LogP contribution in [-0.2, 0) is 0 Å². The average molecular weight is 235 g/mol. The van der Waals surface area contributed by atoms with Crippen molar-refractivity contribution >= 4 is 11.9 Å². The van der Waals surface area contributed by atoms with Gasteiger partial charge in [0.1, 0.15) is 0 Å². The van der Waals surface area contributed by atoms with Gasteiger partial charge in [-0.05, 0) is 12.8 Å². The minimum Gasteiger partial charge on any atom is -0.478 e. The third-order valence-corrected chi connectivity index (χ3v) is 3.09. The summed E-state index contributed by atoms with van der Waals surface area (Å²) in [6.07, 6.45) is 10.1. The lowest BCUT2D eigenvalue weighted by atomic mass is 10.1. The lowest BCUT2D eigenvalue weighted by Gasteiger charge is -2.15. The molecule has 0 amide bonds. The van der Waals surface area contributed by atoms with Gasteiger partial charge in [0.2, 0.25) is 5.95 Å². The highest BCUT2D eigenvalue weighted by Crippen LogP contribution is 2.19. The molecule has 1 aromatic heterocycles. The van der Waals surface area contributed by atoms with Gasteiger partial charge in [-0.15, -0.1) is 0 Å². The number of nitrogens with zero attached hydrogens (tertiary/aromatic N) is 2. The van der Waals surface area contributed by atoms with Crippen LogP contribution in [0, 0.1) is 0 Å². The van der Waals surface area contributed by atoms with Gasteiger partial charge < -0.3 is 10.4 Å². The van der Waals surface area contributed by atoms with Crippen molar-refractivity contribution in [3.8, 4) is 0 Å². The first kappa shape index (κ1) is 11.8. The van der Waals surface area contributed by atoms with Crippen molar-refractivity contribution in [3.63, 3.8) is 0 Å². The first-order chi connectivity index (χ1) is 8.25. The van der Waals surface area contributed by atoms with Crippen LogP contribution in [0.25, 0.3) is 0 Å². The van der Waals surface area contributed by atoms with Crippen LogP contribution in [0.4, 0.5) is 5.95 Å². The van der Waals surface area contributed by atoms with Crippen LogP contribution in [0.15, 0.2) is 12.4 Å². The van der Waals surface area contributed by atoms with Crippen molar-refractivity contribution in [1.29, 1.82) is 0 Å². The number of hydrogen-bond acceptors (Lipinski definition) is 4. The highest BCUT2D eigenvalue weighted by Gasteiger charge is 2.13. The zero-order valence-corrected chi connectivity index (χ0v) is 9.72. The molecule has 1 aliphatic rings. The maximum atomic E-state index is 10.6. The minimum atomic E-state index is -0.994. The van der Waals surface area contributed by atoms with Crippen LogP contribution in [0.5, 0.6) is 0 Å². The first-order valence-corrected chi connectivity index (χ1v) is 6.07. The van der Waals surface area contributed by atoms with E-state index in [1.807, 2.05) is 0 Å². The Morgan fingerprint density at radius 1 is 1.18 bits per heavy atom. The van der Waals surface area contributed by atoms with E-state index < -0.39 is 5.97 Å². The van der Waals surface area contributed by atoms with Gasteiger partial charge in [-0.3, -0.25) is 0 Å². The predicted molar refractivity (Wildman–Crippen MR) is 64.1 cm³/mol. The summed E-state index contributed by atoms with van der Waals surface area (Å²) >= 11 is 0. The molecule has 0 radical (unpaired) electrons. The molecule has 1 aromatic rings. The van der Waals surface area contributed by atoms with Crippen LogP contribution in [0.3, 0.4) is 0 Å². The molecule has 1 fully saturated rings. The highest BCUT2D eigenvalue weighted by molar-refractivity contribution is 5.86. The van der Waals surface area contributed by atoms with Crippen LogP contribution in [0.2, 0.25) is 0 Å². The Kier molecular flexibility index (Phi) is 3.90. The molecule has 92 valence electrons. The maximum absolute atomic E-state index is 10.6. The van der Waals surface area contributed by atoms with E-state index in [0.29, 0.717) is 12.0 Å². The second-order valence-corrected chi connectivity index (χ2v) is 4.43. The van der Waals surface area contributed by atoms with Crippen molar-refractivity contribution < 1.29 is 9.90 Å². The highest BCUT2D eigenvalue weighted by atomic mass is 16.4. The molecule has 0 saturated heterocycles. The summed E-state index contributed by atoms with van der Waals surface area (Å²) in [6.45, 7) is 0. The molecule has 0 aromatic carbocycles. The molecule has 0 unspecified atom stereocenters. The molecular weight excluding hydrogens is 218 g/mol. The molecule has 5 nitrogen and oxygen atoms in total. The normalized spacial score (nSPS) is 17.4. The summed E-state index contributed by atoms with van der Waals surface area (Å²) in [5, 5.41) is 12.0. The number of aromatic nitrogens is 2. The predicted octanol–water partition coefficient (Wildman–Crippen LogP) is 2.31. The van der Waals surface area contributed by atoms with E-state index in [0.717, 1.165) is 12.8 Å². The van der Waals surface area contributed by atoms with Crippen LogP contribution in [0.1, 0.15) is 48.9 Å². The number of hydrogen-bond donors (Lipinski definition) is 2. The molecule has 0 aliphatic heterocycles. The lowest BCUT2D eigenvalue weighted by molar-refractivity contribution is 0.0696. The van der Waals surface area contributed by atoms with Gasteiger partial charge in [-0.2, -0.15) is 0 Å². The number of carboxylic acids is 1. The van der Waals surface area contributed by atoms with Gasteiger partial charge in [-0.1, -0.05) is 25.7 Å². The van der Waals surface area contributed by atoms with E-state index in [1.54, 1.807) is 0 Å². The van der Waals surface area contributed by atoms with Gasteiger partial charge in [-0.25, -0.2) is 14.8 Å². The largest absolute Gasteiger partial charge is 0.478 e. The van der Waals surface area contributed by atoms with Crippen molar-refractivity contribution in [1.82, 2.24) is 9.97 Å². The summed E-state index contributed by atoms with van der Waals surface area (Å²) in [5.74, 6) is -0.465. The molecule has 17 heavy (non-hydrogen) atoms. The Hall–Kier alpha value is -1.65. The number of carbonyl (C=O) groups is 1. The summed E-state index contributed by atoms with van der Waals surface area (Å²) in [4.78, 5) is 18.7. The van der Waals surface area contributed by atoms with Crippen LogP contribution in [-0.4, -0.2) is 27.1 Å². The average Bonchev–Trinajstić information content (AvgIpc) is 2.58. The van der Waals surface area contributed by atoms with Crippen LogP contribution >= 0.6 is 0 Å². The fraction of sp³-hybridized carbons (Fsp3) is 0.583. The molecule has 5 heteroatoms. The van der Waals surface area contributed by atoms with Crippen molar-refractivity contribution in [3.05, 3.63) is 18.0 Å². The Balaban J connectivity index is 1.95. The standard InChI is InChI=1S/C12H17N3O2/c16-11(17)9-7-13-12(14-8-9)15-10-5-3-1-2-4-6-10/h7-8,10H,1-6H2,(H,16,17)(H,13,14,15). The van der Waals surface area contributed by atoms with Gasteiger partial charge in [0.05, 0.1) is 5.56 Å². The Bertz CT molecular complexity index is 370. The SMILES string of the molecule is O=C(O)c1cnc(NC2CCCCCC2)nc1. The molecule has 0 spiro atoms. The minimum absolute atomic E-state index is 0.122. The summed E-state index contributed by atoms with van der Waals surface area (Å²) < 4.78 is 0. The fourth-order valence-corrected chi connectivity index (χ4v) is 2.12. The van der Waals surface area contributed by atoms with E-state index in [1.165, 1.54) is 38.1 Å². The van der Waals surface area contributed by atoms with Crippen molar-refractivity contribution in [2.24, 2.45) is 0 Å². The Morgan fingerprint density at radius 2 is 1.76 bits per heavy atom. The van der Waals surface area contributed by atoms with E-state index in [-0.39, 0.29) is 5.56 Å². The lowest BCUT2D eigenvalue weighted by Crippen LogP contribution is -2.20. The summed E-state index contributed by atoms with van der Waals surface area (Å²) in [7, 11) is 0. The smallest absolute Gasteiger partial charge is 0.338 e. The number of anilines is 1. The zero-order valence-electron chi connectivity index (χ0n) is 9.72. The number of carboxylic acid groups (broad SMARTS) is 1. The van der Waals surface area contributed by atoms with E-state index >= 15 is 0 Å². The first-order valence-electron chi connectivity index (χ1n) is 6.07.